The molecule has 0 aromatic heterocycles. The maximum atomic E-state index is 9.26. The number of aryl methyl sites for hydroxylation is 1. The summed E-state index contributed by atoms with van der Waals surface area (Å²) in [5.74, 6) is 0.726. The fourth-order valence-corrected chi connectivity index (χ4v) is 2.01. The molecule has 0 aliphatic carbocycles. The average Bonchev–Trinajstić information content (AvgIpc) is 2.46. The molecule has 0 saturated heterocycles. The number of rotatable bonds is 4. The highest BCUT2D eigenvalue weighted by atomic mass is 16.5. The van der Waals surface area contributed by atoms with E-state index in [4.69, 9.17) is 4.74 Å². The molecule has 0 aliphatic heterocycles. The second-order valence-electron chi connectivity index (χ2n) is 4.41. The normalized spacial score (nSPS) is 11.4. The maximum Gasteiger partial charge on any atom is 0.128 e. The van der Waals surface area contributed by atoms with Crippen LogP contribution >= 0.6 is 0 Å². The SMILES string of the molecule is COc1cc(C)ccc1C(Cc1ccccc1)=NO. The molecule has 2 aromatic carbocycles. The molecule has 2 aromatic rings. The Kier molecular flexibility index (Phi) is 4.18. The van der Waals surface area contributed by atoms with E-state index in [2.05, 4.69) is 5.16 Å². The summed E-state index contributed by atoms with van der Waals surface area (Å²) in [6.07, 6.45) is 0.566. The second-order valence-corrected chi connectivity index (χ2v) is 4.41. The van der Waals surface area contributed by atoms with Gasteiger partial charge in [-0.15, -0.1) is 0 Å². The van der Waals surface area contributed by atoms with Crippen molar-refractivity contribution >= 4 is 5.71 Å². The molecule has 0 radical (unpaired) electrons. The lowest BCUT2D eigenvalue weighted by molar-refractivity contribution is 0.318. The lowest BCUT2D eigenvalue weighted by Crippen LogP contribution is -2.07. The zero-order valence-electron chi connectivity index (χ0n) is 11.1. The van der Waals surface area contributed by atoms with Crippen molar-refractivity contribution in [3.63, 3.8) is 0 Å². The van der Waals surface area contributed by atoms with E-state index < -0.39 is 0 Å². The first kappa shape index (κ1) is 13.1. The van der Waals surface area contributed by atoms with Gasteiger partial charge in [0, 0.05) is 12.0 Å². The average molecular weight is 255 g/mol. The zero-order chi connectivity index (χ0) is 13.7. The van der Waals surface area contributed by atoms with Crippen molar-refractivity contribution < 1.29 is 9.94 Å². The van der Waals surface area contributed by atoms with Crippen molar-refractivity contribution in [3.05, 3.63) is 65.2 Å². The van der Waals surface area contributed by atoms with Crippen LogP contribution in [-0.4, -0.2) is 18.0 Å². The number of hydrogen-bond donors (Lipinski definition) is 1. The third-order valence-corrected chi connectivity index (χ3v) is 3.00. The van der Waals surface area contributed by atoms with Gasteiger partial charge in [-0.2, -0.15) is 0 Å². The fourth-order valence-electron chi connectivity index (χ4n) is 2.01. The molecule has 0 atom stereocenters. The molecule has 0 bridgehead atoms. The number of benzene rings is 2. The number of hydrogen-bond acceptors (Lipinski definition) is 3. The Bertz CT molecular complexity index is 577. The Morgan fingerprint density at radius 1 is 1.16 bits per heavy atom. The highest BCUT2D eigenvalue weighted by molar-refractivity contribution is 6.03. The summed E-state index contributed by atoms with van der Waals surface area (Å²) in [5, 5.41) is 12.7. The van der Waals surface area contributed by atoms with Gasteiger partial charge in [0.05, 0.1) is 12.8 Å². The predicted octanol–water partition coefficient (Wildman–Crippen LogP) is 3.42. The molecule has 0 heterocycles. The Morgan fingerprint density at radius 2 is 1.89 bits per heavy atom. The van der Waals surface area contributed by atoms with Crippen molar-refractivity contribution in [2.24, 2.45) is 5.16 Å². The highest BCUT2D eigenvalue weighted by Gasteiger charge is 2.11. The van der Waals surface area contributed by atoms with Crippen LogP contribution in [0, 0.1) is 6.92 Å². The van der Waals surface area contributed by atoms with Crippen molar-refractivity contribution in [3.8, 4) is 5.75 Å². The minimum Gasteiger partial charge on any atom is -0.496 e. The van der Waals surface area contributed by atoms with E-state index in [1.54, 1.807) is 7.11 Å². The summed E-state index contributed by atoms with van der Waals surface area (Å²) < 4.78 is 5.35. The topological polar surface area (TPSA) is 41.8 Å². The second kappa shape index (κ2) is 6.05. The first-order valence-electron chi connectivity index (χ1n) is 6.14. The smallest absolute Gasteiger partial charge is 0.128 e. The van der Waals surface area contributed by atoms with E-state index in [9.17, 15) is 5.21 Å². The molecule has 2 rings (SSSR count). The van der Waals surface area contributed by atoms with E-state index in [1.807, 2.05) is 55.5 Å². The van der Waals surface area contributed by atoms with Crippen LogP contribution in [0.2, 0.25) is 0 Å². The molecule has 19 heavy (non-hydrogen) atoms. The third kappa shape index (κ3) is 3.13. The van der Waals surface area contributed by atoms with E-state index >= 15 is 0 Å². The van der Waals surface area contributed by atoms with Crippen LogP contribution in [0.15, 0.2) is 53.7 Å². The summed E-state index contributed by atoms with van der Waals surface area (Å²) in [6.45, 7) is 2.00. The lowest BCUT2D eigenvalue weighted by atomic mass is 10.0. The van der Waals surface area contributed by atoms with E-state index in [1.165, 1.54) is 0 Å². The van der Waals surface area contributed by atoms with Gasteiger partial charge in [-0.1, -0.05) is 41.6 Å². The van der Waals surface area contributed by atoms with Crippen LogP contribution in [-0.2, 0) is 6.42 Å². The third-order valence-electron chi connectivity index (χ3n) is 3.00. The van der Waals surface area contributed by atoms with Gasteiger partial charge in [0.1, 0.15) is 5.75 Å². The van der Waals surface area contributed by atoms with Gasteiger partial charge >= 0.3 is 0 Å². The minimum atomic E-state index is 0.566. The van der Waals surface area contributed by atoms with Gasteiger partial charge in [-0.3, -0.25) is 0 Å². The minimum absolute atomic E-state index is 0.566. The predicted molar refractivity (Wildman–Crippen MR) is 76.2 cm³/mol. The summed E-state index contributed by atoms with van der Waals surface area (Å²) in [6, 6.07) is 15.8. The van der Waals surface area contributed by atoms with Crippen LogP contribution < -0.4 is 4.74 Å². The molecule has 0 fully saturated rings. The van der Waals surface area contributed by atoms with Crippen molar-refractivity contribution in [2.75, 3.05) is 7.11 Å². The van der Waals surface area contributed by atoms with Gasteiger partial charge in [0.2, 0.25) is 0 Å². The highest BCUT2D eigenvalue weighted by Crippen LogP contribution is 2.22. The molecule has 0 unspecified atom stereocenters. The van der Waals surface area contributed by atoms with Crippen molar-refractivity contribution in [1.82, 2.24) is 0 Å². The number of oxime groups is 1. The molecule has 3 heteroatoms. The Labute approximate surface area is 113 Å². The fraction of sp³-hybridized carbons (Fsp3) is 0.188. The molecule has 0 amide bonds. The summed E-state index contributed by atoms with van der Waals surface area (Å²) in [7, 11) is 1.62. The van der Waals surface area contributed by atoms with Gasteiger partial charge in [0.25, 0.3) is 0 Å². The molecule has 0 spiro atoms. The number of methoxy groups -OCH3 is 1. The lowest BCUT2D eigenvalue weighted by Gasteiger charge is -2.11. The van der Waals surface area contributed by atoms with Crippen LogP contribution in [0.3, 0.4) is 0 Å². The van der Waals surface area contributed by atoms with Crippen molar-refractivity contribution in [2.45, 2.75) is 13.3 Å². The Balaban J connectivity index is 2.33. The number of ether oxygens (including phenoxy) is 1. The molecular weight excluding hydrogens is 238 g/mol. The summed E-state index contributed by atoms with van der Waals surface area (Å²) >= 11 is 0. The van der Waals surface area contributed by atoms with Gasteiger partial charge in [-0.25, -0.2) is 0 Å². The van der Waals surface area contributed by atoms with E-state index in [0.717, 1.165) is 22.4 Å². The van der Waals surface area contributed by atoms with Gasteiger partial charge in [-0.05, 0) is 30.2 Å². The van der Waals surface area contributed by atoms with Crippen LogP contribution in [0.1, 0.15) is 16.7 Å². The van der Waals surface area contributed by atoms with E-state index in [0.29, 0.717) is 12.1 Å². The first-order chi connectivity index (χ1) is 9.24. The maximum absolute atomic E-state index is 9.26. The molecule has 3 nitrogen and oxygen atoms in total. The zero-order valence-corrected chi connectivity index (χ0v) is 11.1. The summed E-state index contributed by atoms with van der Waals surface area (Å²) in [4.78, 5) is 0. The van der Waals surface area contributed by atoms with Gasteiger partial charge < -0.3 is 9.94 Å². The largest absolute Gasteiger partial charge is 0.496 e. The molecule has 0 saturated carbocycles. The summed E-state index contributed by atoms with van der Waals surface area (Å²) in [5.41, 5.74) is 3.62. The quantitative estimate of drug-likeness (QED) is 0.516. The number of nitrogens with zero attached hydrogens (tertiary/aromatic N) is 1. The van der Waals surface area contributed by atoms with Crippen LogP contribution in [0.25, 0.3) is 0 Å². The molecule has 0 aliphatic rings. The monoisotopic (exact) mass is 255 g/mol. The van der Waals surface area contributed by atoms with E-state index in [-0.39, 0.29) is 0 Å². The van der Waals surface area contributed by atoms with Crippen molar-refractivity contribution in [1.29, 1.82) is 0 Å². The Morgan fingerprint density at radius 3 is 2.53 bits per heavy atom. The molecule has 1 N–H and O–H groups in total. The Hall–Kier alpha value is -2.29. The van der Waals surface area contributed by atoms with Crippen LogP contribution in [0.5, 0.6) is 5.75 Å². The molecular formula is C16H17NO2. The van der Waals surface area contributed by atoms with Gasteiger partial charge in [0.15, 0.2) is 0 Å². The molecule has 98 valence electrons. The first-order valence-corrected chi connectivity index (χ1v) is 6.14. The van der Waals surface area contributed by atoms with Crippen LogP contribution in [0.4, 0.5) is 0 Å². The standard InChI is InChI=1S/C16H17NO2/c1-12-8-9-14(16(10-12)19-2)15(17-18)11-13-6-4-3-5-7-13/h3-10,18H,11H2,1-2H3.